The van der Waals surface area contributed by atoms with E-state index in [4.69, 9.17) is 0 Å². The Morgan fingerprint density at radius 2 is 1.84 bits per heavy atom. The second-order valence-corrected chi connectivity index (χ2v) is 5.24. The molecule has 1 fully saturated rings. The number of aliphatic hydroxyl groups excluding tert-OH is 1. The summed E-state index contributed by atoms with van der Waals surface area (Å²) in [5.74, 6) is 0. The van der Waals surface area contributed by atoms with E-state index < -0.39 is 0 Å². The highest BCUT2D eigenvalue weighted by Gasteiger charge is 2.21. The van der Waals surface area contributed by atoms with Gasteiger partial charge in [-0.3, -0.25) is 10.1 Å². The molecule has 0 heterocycles. The number of nitro groups is 1. The van der Waals surface area contributed by atoms with Crippen LogP contribution in [-0.2, 0) is 0 Å². The van der Waals surface area contributed by atoms with E-state index in [2.05, 4.69) is 12.2 Å². The quantitative estimate of drug-likeness (QED) is 0.647. The first-order chi connectivity index (χ1) is 9.06. The van der Waals surface area contributed by atoms with Gasteiger partial charge in [-0.05, 0) is 38.2 Å². The smallest absolute Gasteiger partial charge is 0.269 e. The molecule has 0 unspecified atom stereocenters. The molecule has 1 aliphatic carbocycles. The van der Waals surface area contributed by atoms with E-state index >= 15 is 0 Å². The summed E-state index contributed by atoms with van der Waals surface area (Å²) < 4.78 is 0. The molecule has 0 aliphatic heterocycles. The highest BCUT2D eigenvalue weighted by Crippen LogP contribution is 2.23. The largest absolute Gasteiger partial charge is 0.393 e. The molecule has 5 heteroatoms. The molecule has 19 heavy (non-hydrogen) atoms. The van der Waals surface area contributed by atoms with E-state index in [9.17, 15) is 15.2 Å². The summed E-state index contributed by atoms with van der Waals surface area (Å²) in [6.07, 6.45) is 3.53. The van der Waals surface area contributed by atoms with Crippen LogP contribution >= 0.6 is 0 Å². The number of nitrogens with zero attached hydrogens (tertiary/aromatic N) is 1. The topological polar surface area (TPSA) is 75.4 Å². The van der Waals surface area contributed by atoms with Gasteiger partial charge in [-0.15, -0.1) is 0 Å². The van der Waals surface area contributed by atoms with Crippen molar-refractivity contribution in [1.82, 2.24) is 5.32 Å². The van der Waals surface area contributed by atoms with Crippen molar-refractivity contribution in [3.8, 4) is 0 Å². The number of nitro benzene ring substituents is 1. The van der Waals surface area contributed by atoms with Gasteiger partial charge in [-0.25, -0.2) is 0 Å². The van der Waals surface area contributed by atoms with E-state index in [0.717, 1.165) is 31.2 Å². The summed E-state index contributed by atoms with van der Waals surface area (Å²) in [7, 11) is 0. The molecule has 0 radical (unpaired) electrons. The Labute approximate surface area is 112 Å². The molecule has 104 valence electrons. The van der Waals surface area contributed by atoms with Gasteiger partial charge in [-0.1, -0.05) is 12.1 Å². The Balaban J connectivity index is 1.92. The fourth-order valence-electron chi connectivity index (χ4n) is 2.58. The third-order valence-electron chi connectivity index (χ3n) is 3.79. The maximum absolute atomic E-state index is 10.6. The van der Waals surface area contributed by atoms with Gasteiger partial charge >= 0.3 is 0 Å². The predicted molar refractivity (Wildman–Crippen MR) is 72.9 cm³/mol. The van der Waals surface area contributed by atoms with Crippen molar-refractivity contribution in [2.75, 3.05) is 0 Å². The average molecular weight is 264 g/mol. The van der Waals surface area contributed by atoms with Gasteiger partial charge in [0, 0.05) is 24.2 Å². The molecule has 5 nitrogen and oxygen atoms in total. The summed E-state index contributed by atoms with van der Waals surface area (Å²) >= 11 is 0. The number of hydrogen-bond acceptors (Lipinski definition) is 4. The van der Waals surface area contributed by atoms with Crippen LogP contribution < -0.4 is 5.32 Å². The molecule has 0 amide bonds. The Hall–Kier alpha value is -1.46. The molecule has 1 atom stereocenters. The van der Waals surface area contributed by atoms with Gasteiger partial charge in [0.15, 0.2) is 0 Å². The Bertz CT molecular complexity index is 425. The Morgan fingerprint density at radius 3 is 2.37 bits per heavy atom. The van der Waals surface area contributed by atoms with Crippen molar-refractivity contribution >= 4 is 5.69 Å². The van der Waals surface area contributed by atoms with Crippen molar-refractivity contribution in [2.24, 2.45) is 0 Å². The van der Waals surface area contributed by atoms with Gasteiger partial charge in [-0.2, -0.15) is 0 Å². The van der Waals surface area contributed by atoms with Crippen LogP contribution in [0.1, 0.15) is 44.2 Å². The second kappa shape index (κ2) is 6.12. The van der Waals surface area contributed by atoms with Crippen LogP contribution in [0.5, 0.6) is 0 Å². The normalized spacial score (nSPS) is 24.9. The lowest BCUT2D eigenvalue weighted by atomic mass is 9.92. The standard InChI is InChI=1S/C14H20N2O3/c1-10(15-12-4-8-14(17)9-5-12)11-2-6-13(7-3-11)16(18)19/h2-3,6-7,10,12,14-15,17H,4-5,8-9H2,1H3/t10-,12?,14?/m0/s1. The molecular formula is C14H20N2O3. The summed E-state index contributed by atoms with van der Waals surface area (Å²) in [4.78, 5) is 10.2. The number of aliphatic hydroxyl groups is 1. The molecule has 1 aromatic carbocycles. The molecule has 0 saturated heterocycles. The molecule has 0 bridgehead atoms. The van der Waals surface area contributed by atoms with Crippen molar-refractivity contribution in [3.63, 3.8) is 0 Å². The number of nitrogens with one attached hydrogen (secondary N) is 1. The lowest BCUT2D eigenvalue weighted by Crippen LogP contribution is -2.36. The van der Waals surface area contributed by atoms with Crippen molar-refractivity contribution in [3.05, 3.63) is 39.9 Å². The van der Waals surface area contributed by atoms with Crippen molar-refractivity contribution < 1.29 is 10.0 Å². The zero-order valence-electron chi connectivity index (χ0n) is 11.1. The van der Waals surface area contributed by atoms with E-state index in [1.807, 2.05) is 0 Å². The minimum absolute atomic E-state index is 0.122. The summed E-state index contributed by atoms with van der Waals surface area (Å²) in [5.41, 5.74) is 1.17. The van der Waals surface area contributed by atoms with Crippen molar-refractivity contribution in [2.45, 2.75) is 50.8 Å². The number of benzene rings is 1. The summed E-state index contributed by atoms with van der Waals surface area (Å²) in [6, 6.07) is 7.27. The predicted octanol–water partition coefficient (Wildman–Crippen LogP) is 2.55. The molecule has 1 aromatic rings. The first-order valence-corrected chi connectivity index (χ1v) is 6.74. The molecule has 0 aromatic heterocycles. The van der Waals surface area contributed by atoms with Crippen LogP contribution in [0.2, 0.25) is 0 Å². The SMILES string of the molecule is C[C@H](NC1CCC(O)CC1)c1ccc([N+](=O)[O-])cc1. The maximum Gasteiger partial charge on any atom is 0.269 e. The molecule has 1 aliphatic rings. The Morgan fingerprint density at radius 1 is 1.26 bits per heavy atom. The summed E-state index contributed by atoms with van der Waals surface area (Å²) in [5, 5.41) is 23.6. The highest BCUT2D eigenvalue weighted by molar-refractivity contribution is 5.34. The Kier molecular flexibility index (Phi) is 4.50. The minimum Gasteiger partial charge on any atom is -0.393 e. The fourth-order valence-corrected chi connectivity index (χ4v) is 2.58. The van der Waals surface area contributed by atoms with Gasteiger partial charge in [0.2, 0.25) is 0 Å². The molecule has 1 saturated carbocycles. The highest BCUT2D eigenvalue weighted by atomic mass is 16.6. The first-order valence-electron chi connectivity index (χ1n) is 6.74. The second-order valence-electron chi connectivity index (χ2n) is 5.24. The van der Waals surface area contributed by atoms with Crippen LogP contribution in [0.3, 0.4) is 0 Å². The maximum atomic E-state index is 10.6. The van der Waals surface area contributed by atoms with E-state index in [1.54, 1.807) is 12.1 Å². The number of hydrogen-bond donors (Lipinski definition) is 2. The number of non-ortho nitro benzene ring substituents is 1. The molecule has 2 N–H and O–H groups in total. The van der Waals surface area contributed by atoms with Crippen LogP contribution in [0.25, 0.3) is 0 Å². The minimum atomic E-state index is -0.385. The lowest BCUT2D eigenvalue weighted by Gasteiger charge is -2.29. The van der Waals surface area contributed by atoms with E-state index in [0.29, 0.717) is 6.04 Å². The van der Waals surface area contributed by atoms with Crippen LogP contribution in [0.15, 0.2) is 24.3 Å². The van der Waals surface area contributed by atoms with Gasteiger partial charge in [0.25, 0.3) is 5.69 Å². The van der Waals surface area contributed by atoms with Crippen LogP contribution in [0.4, 0.5) is 5.69 Å². The van der Waals surface area contributed by atoms with Crippen LogP contribution in [0, 0.1) is 10.1 Å². The third-order valence-corrected chi connectivity index (χ3v) is 3.79. The zero-order chi connectivity index (χ0) is 13.8. The van der Waals surface area contributed by atoms with Gasteiger partial charge in [0.1, 0.15) is 0 Å². The average Bonchev–Trinajstić information content (AvgIpc) is 2.41. The molecule has 2 rings (SSSR count). The monoisotopic (exact) mass is 264 g/mol. The van der Waals surface area contributed by atoms with E-state index in [1.165, 1.54) is 12.1 Å². The van der Waals surface area contributed by atoms with Gasteiger partial charge in [0.05, 0.1) is 11.0 Å². The third kappa shape index (κ3) is 3.75. The fraction of sp³-hybridized carbons (Fsp3) is 0.571. The zero-order valence-corrected chi connectivity index (χ0v) is 11.1. The lowest BCUT2D eigenvalue weighted by molar-refractivity contribution is -0.384. The van der Waals surface area contributed by atoms with Gasteiger partial charge < -0.3 is 10.4 Å². The van der Waals surface area contributed by atoms with E-state index in [-0.39, 0.29) is 22.8 Å². The van der Waals surface area contributed by atoms with Crippen LogP contribution in [-0.4, -0.2) is 22.2 Å². The molecule has 0 spiro atoms. The molecular weight excluding hydrogens is 244 g/mol. The number of rotatable bonds is 4. The summed E-state index contributed by atoms with van der Waals surface area (Å²) in [6.45, 7) is 2.06. The van der Waals surface area contributed by atoms with Crippen molar-refractivity contribution in [1.29, 1.82) is 0 Å². The first kappa shape index (κ1) is 14.0.